The van der Waals surface area contributed by atoms with E-state index in [0.29, 0.717) is 6.54 Å². The minimum atomic E-state index is 0.703. The average Bonchev–Trinajstić information content (AvgIpc) is 3.12. The van der Waals surface area contributed by atoms with Gasteiger partial charge in [-0.25, -0.2) is 4.98 Å². The number of rotatable bonds is 4. The molecule has 0 fully saturated rings. The molecule has 3 heteroatoms. The maximum atomic E-state index is 5.66. The van der Waals surface area contributed by atoms with Crippen molar-refractivity contribution in [2.24, 2.45) is 5.73 Å². The van der Waals surface area contributed by atoms with Crippen molar-refractivity contribution in [3.63, 3.8) is 0 Å². The number of imidazole rings is 1. The lowest BCUT2D eigenvalue weighted by Crippen LogP contribution is -2.04. The molecule has 0 aliphatic heterocycles. The van der Waals surface area contributed by atoms with Crippen LogP contribution in [-0.2, 0) is 25.7 Å². The number of aromatic nitrogens is 2. The van der Waals surface area contributed by atoms with Crippen LogP contribution in [0.3, 0.4) is 0 Å². The second kappa shape index (κ2) is 5.82. The number of nitrogens with two attached hydrogens (primary N) is 1. The van der Waals surface area contributed by atoms with Crippen molar-refractivity contribution in [2.45, 2.75) is 39.0 Å². The number of hydrogen-bond donors (Lipinski definition) is 2. The van der Waals surface area contributed by atoms with Gasteiger partial charge in [0, 0.05) is 6.42 Å². The van der Waals surface area contributed by atoms with E-state index in [1.54, 1.807) is 0 Å². The summed E-state index contributed by atoms with van der Waals surface area (Å²) in [6.07, 6.45) is 5.49. The van der Waals surface area contributed by atoms with E-state index in [4.69, 9.17) is 10.7 Å². The number of aromatic amines is 1. The summed E-state index contributed by atoms with van der Waals surface area (Å²) < 4.78 is 0. The van der Waals surface area contributed by atoms with Gasteiger partial charge in [-0.2, -0.15) is 0 Å². The smallest absolute Gasteiger partial charge is 0.111 e. The number of hydrogen-bond acceptors (Lipinski definition) is 2. The third-order valence-electron chi connectivity index (χ3n) is 4.94. The van der Waals surface area contributed by atoms with E-state index in [-0.39, 0.29) is 0 Å². The summed E-state index contributed by atoms with van der Waals surface area (Å²) in [6, 6.07) is 11.2. The lowest BCUT2D eigenvalue weighted by Gasteiger charge is -2.06. The van der Waals surface area contributed by atoms with Crippen molar-refractivity contribution >= 4 is 11.0 Å². The first-order valence-corrected chi connectivity index (χ1v) is 8.52. The summed E-state index contributed by atoms with van der Waals surface area (Å²) in [5.41, 5.74) is 14.9. The topological polar surface area (TPSA) is 54.7 Å². The van der Waals surface area contributed by atoms with E-state index in [0.717, 1.165) is 24.2 Å². The van der Waals surface area contributed by atoms with Gasteiger partial charge in [0.05, 0.1) is 11.0 Å². The molecule has 0 saturated heterocycles. The maximum Gasteiger partial charge on any atom is 0.111 e. The van der Waals surface area contributed by atoms with E-state index in [9.17, 15) is 0 Å². The van der Waals surface area contributed by atoms with Gasteiger partial charge >= 0.3 is 0 Å². The number of nitrogens with one attached hydrogen (secondary N) is 1. The van der Waals surface area contributed by atoms with Crippen molar-refractivity contribution in [1.82, 2.24) is 9.97 Å². The monoisotopic (exact) mass is 305 g/mol. The fourth-order valence-corrected chi connectivity index (χ4v) is 3.71. The summed E-state index contributed by atoms with van der Waals surface area (Å²) in [6.45, 7) is 2.87. The van der Waals surface area contributed by atoms with E-state index in [2.05, 4.69) is 42.2 Å². The van der Waals surface area contributed by atoms with E-state index >= 15 is 0 Å². The average molecular weight is 305 g/mol. The molecular weight excluding hydrogens is 282 g/mol. The van der Waals surface area contributed by atoms with Crippen LogP contribution in [0.5, 0.6) is 0 Å². The molecule has 23 heavy (non-hydrogen) atoms. The van der Waals surface area contributed by atoms with Crippen LogP contribution in [0.15, 0.2) is 30.3 Å². The van der Waals surface area contributed by atoms with Gasteiger partial charge in [-0.3, -0.25) is 0 Å². The van der Waals surface area contributed by atoms with Crippen molar-refractivity contribution in [1.29, 1.82) is 0 Å². The van der Waals surface area contributed by atoms with Crippen molar-refractivity contribution < 1.29 is 0 Å². The Morgan fingerprint density at radius 2 is 1.96 bits per heavy atom. The number of aryl methyl sites for hydroxylation is 3. The maximum absolute atomic E-state index is 5.66. The molecule has 0 amide bonds. The molecule has 1 heterocycles. The first-order valence-electron chi connectivity index (χ1n) is 8.52. The highest BCUT2D eigenvalue weighted by Crippen LogP contribution is 2.26. The summed E-state index contributed by atoms with van der Waals surface area (Å²) in [7, 11) is 0. The van der Waals surface area contributed by atoms with Crippen LogP contribution in [0.25, 0.3) is 11.0 Å². The molecule has 0 spiro atoms. The molecule has 0 unspecified atom stereocenters. The fourth-order valence-electron chi connectivity index (χ4n) is 3.71. The van der Waals surface area contributed by atoms with Crippen molar-refractivity contribution in [3.8, 4) is 0 Å². The highest BCUT2D eigenvalue weighted by atomic mass is 14.9. The largest absolute Gasteiger partial charge is 0.342 e. The molecule has 118 valence electrons. The Hall–Kier alpha value is -2.13. The third-order valence-corrected chi connectivity index (χ3v) is 4.94. The van der Waals surface area contributed by atoms with Gasteiger partial charge in [-0.15, -0.1) is 0 Å². The molecule has 0 radical (unpaired) electrons. The van der Waals surface area contributed by atoms with E-state index in [1.807, 2.05) is 0 Å². The number of nitrogens with zero attached hydrogens (tertiary/aromatic N) is 1. The van der Waals surface area contributed by atoms with Gasteiger partial charge < -0.3 is 10.7 Å². The SMILES string of the molecule is Cc1cc(Cc2nc3cc4c(cc3[nH]2)CCC4)ccc1CCN. The van der Waals surface area contributed by atoms with E-state index in [1.165, 1.54) is 52.6 Å². The Balaban J connectivity index is 1.61. The molecule has 0 atom stereocenters. The molecule has 1 aliphatic rings. The zero-order chi connectivity index (χ0) is 15.8. The Morgan fingerprint density at radius 1 is 1.13 bits per heavy atom. The van der Waals surface area contributed by atoms with Crippen LogP contribution in [-0.4, -0.2) is 16.5 Å². The minimum absolute atomic E-state index is 0.703. The van der Waals surface area contributed by atoms with Gasteiger partial charge in [0.2, 0.25) is 0 Å². The Bertz CT molecular complexity index is 820. The summed E-state index contributed by atoms with van der Waals surface area (Å²) in [5.74, 6) is 1.05. The molecule has 1 aromatic heterocycles. The zero-order valence-corrected chi connectivity index (χ0v) is 13.7. The van der Waals surface area contributed by atoms with Crippen LogP contribution in [0.2, 0.25) is 0 Å². The van der Waals surface area contributed by atoms with Crippen LogP contribution in [0.1, 0.15) is 40.1 Å². The molecule has 3 aromatic rings. The van der Waals surface area contributed by atoms with Gasteiger partial charge in [0.15, 0.2) is 0 Å². The molecule has 0 bridgehead atoms. The predicted molar refractivity (Wildman–Crippen MR) is 94.9 cm³/mol. The number of H-pyrrole nitrogens is 1. The molecule has 3 N–H and O–H groups in total. The Labute approximate surface area is 136 Å². The Morgan fingerprint density at radius 3 is 2.74 bits per heavy atom. The zero-order valence-electron chi connectivity index (χ0n) is 13.7. The van der Waals surface area contributed by atoms with Crippen LogP contribution >= 0.6 is 0 Å². The molecular formula is C20H23N3. The lowest BCUT2D eigenvalue weighted by molar-refractivity contribution is 0.911. The quantitative estimate of drug-likeness (QED) is 0.775. The molecule has 1 aliphatic carbocycles. The highest BCUT2D eigenvalue weighted by molar-refractivity contribution is 5.77. The van der Waals surface area contributed by atoms with Gasteiger partial charge in [0.1, 0.15) is 5.82 Å². The second-order valence-electron chi connectivity index (χ2n) is 6.65. The Kier molecular flexibility index (Phi) is 3.66. The molecule has 3 nitrogen and oxygen atoms in total. The van der Waals surface area contributed by atoms with Crippen molar-refractivity contribution in [2.75, 3.05) is 6.54 Å². The number of fused-ring (bicyclic) bond motifs is 2. The standard InChI is InChI=1S/C20H23N3/c1-13-9-14(5-6-15(13)7-8-21)10-20-22-18-11-16-3-2-4-17(16)12-19(18)23-20/h5-6,9,11-12H,2-4,7-8,10,21H2,1H3,(H,22,23). The first kappa shape index (κ1) is 14.5. The molecule has 4 rings (SSSR count). The van der Waals surface area contributed by atoms with Crippen LogP contribution in [0.4, 0.5) is 0 Å². The van der Waals surface area contributed by atoms with Crippen LogP contribution in [0, 0.1) is 6.92 Å². The normalized spacial score (nSPS) is 13.7. The van der Waals surface area contributed by atoms with E-state index < -0.39 is 0 Å². The van der Waals surface area contributed by atoms with Gasteiger partial charge in [0.25, 0.3) is 0 Å². The minimum Gasteiger partial charge on any atom is -0.342 e. The predicted octanol–water partition coefficient (Wildman–Crippen LogP) is 3.45. The third kappa shape index (κ3) is 2.77. The van der Waals surface area contributed by atoms with Gasteiger partial charge in [-0.05, 0) is 79.1 Å². The van der Waals surface area contributed by atoms with Crippen molar-refractivity contribution in [3.05, 3.63) is 64.0 Å². The van der Waals surface area contributed by atoms with Gasteiger partial charge in [-0.1, -0.05) is 18.2 Å². The fraction of sp³-hybridized carbons (Fsp3) is 0.350. The molecule has 0 saturated carbocycles. The molecule has 2 aromatic carbocycles. The number of benzene rings is 2. The summed E-state index contributed by atoms with van der Waals surface area (Å²) in [4.78, 5) is 8.30. The summed E-state index contributed by atoms with van der Waals surface area (Å²) in [5, 5.41) is 0. The second-order valence-corrected chi connectivity index (χ2v) is 6.65. The van der Waals surface area contributed by atoms with Crippen LogP contribution < -0.4 is 5.73 Å². The summed E-state index contributed by atoms with van der Waals surface area (Å²) >= 11 is 0. The highest BCUT2D eigenvalue weighted by Gasteiger charge is 2.14. The first-order chi connectivity index (χ1) is 11.2. The lowest BCUT2D eigenvalue weighted by atomic mass is 10.0.